The fourth-order valence-corrected chi connectivity index (χ4v) is 1.53. The number of hydrogen-bond donors (Lipinski definition) is 1. The maximum absolute atomic E-state index is 10.8. The van der Waals surface area contributed by atoms with Gasteiger partial charge in [0.25, 0.3) is 0 Å². The lowest BCUT2D eigenvalue weighted by atomic mass is 10.2. The lowest BCUT2D eigenvalue weighted by Gasteiger charge is -2.09. The number of methoxy groups -OCH3 is 1. The molecule has 1 aliphatic heterocycles. The van der Waals surface area contributed by atoms with Crippen LogP contribution in [0.3, 0.4) is 0 Å². The summed E-state index contributed by atoms with van der Waals surface area (Å²) in [4.78, 5) is 10.8. The van der Waals surface area contributed by atoms with Crippen LogP contribution in [0.15, 0.2) is 0 Å². The molecule has 0 aromatic rings. The number of carbonyl (C=O) groups is 1. The van der Waals surface area contributed by atoms with E-state index in [1.54, 1.807) is 0 Å². The van der Waals surface area contributed by atoms with Crippen molar-refractivity contribution in [2.24, 2.45) is 0 Å². The van der Waals surface area contributed by atoms with E-state index < -0.39 is 0 Å². The highest BCUT2D eigenvalue weighted by atomic mass is 16.5. The van der Waals surface area contributed by atoms with E-state index in [1.165, 1.54) is 13.5 Å². The highest BCUT2D eigenvalue weighted by molar-refractivity contribution is 5.68. The molecule has 0 aliphatic carbocycles. The molecule has 0 radical (unpaired) electrons. The second kappa shape index (κ2) is 6.79. The van der Waals surface area contributed by atoms with Crippen LogP contribution in [0.2, 0.25) is 0 Å². The summed E-state index contributed by atoms with van der Waals surface area (Å²) in [5.74, 6) is -0.135. The van der Waals surface area contributed by atoms with Gasteiger partial charge in [-0.3, -0.25) is 4.79 Å². The summed E-state index contributed by atoms with van der Waals surface area (Å²) >= 11 is 0. The first-order valence-electron chi connectivity index (χ1n) is 5.22. The average Bonchev–Trinajstić information content (AvgIpc) is 2.69. The van der Waals surface area contributed by atoms with Crippen molar-refractivity contribution in [2.75, 3.05) is 26.8 Å². The Hall–Kier alpha value is -0.610. The second-order valence-electron chi connectivity index (χ2n) is 3.52. The van der Waals surface area contributed by atoms with Gasteiger partial charge in [0.05, 0.1) is 13.2 Å². The van der Waals surface area contributed by atoms with E-state index in [1.807, 2.05) is 0 Å². The van der Waals surface area contributed by atoms with Crippen LogP contribution in [0.1, 0.15) is 25.7 Å². The minimum Gasteiger partial charge on any atom is -0.469 e. The molecule has 1 atom stereocenters. The van der Waals surface area contributed by atoms with Gasteiger partial charge in [0.2, 0.25) is 0 Å². The standard InChI is InChI=1S/C10H19NO3/c1-13-10(12)5-2-6-11-8-9-4-3-7-14-9/h9,11H,2-8H2,1H3. The van der Waals surface area contributed by atoms with Crippen molar-refractivity contribution in [1.29, 1.82) is 0 Å². The van der Waals surface area contributed by atoms with Crippen molar-refractivity contribution in [3.63, 3.8) is 0 Å². The molecular formula is C10H19NO3. The van der Waals surface area contributed by atoms with E-state index >= 15 is 0 Å². The first kappa shape index (κ1) is 11.5. The molecule has 0 amide bonds. The molecule has 14 heavy (non-hydrogen) atoms. The fraction of sp³-hybridized carbons (Fsp3) is 0.900. The van der Waals surface area contributed by atoms with Crippen LogP contribution in [0.4, 0.5) is 0 Å². The van der Waals surface area contributed by atoms with Crippen LogP contribution >= 0.6 is 0 Å². The summed E-state index contributed by atoms with van der Waals surface area (Å²) in [5, 5.41) is 3.27. The van der Waals surface area contributed by atoms with Crippen molar-refractivity contribution < 1.29 is 14.3 Å². The second-order valence-corrected chi connectivity index (χ2v) is 3.52. The van der Waals surface area contributed by atoms with Gasteiger partial charge in [-0.2, -0.15) is 0 Å². The molecule has 4 heteroatoms. The minimum atomic E-state index is -0.135. The molecule has 0 bridgehead atoms. The van der Waals surface area contributed by atoms with E-state index in [0.717, 1.165) is 32.5 Å². The molecule has 82 valence electrons. The summed E-state index contributed by atoms with van der Waals surface area (Å²) in [5.41, 5.74) is 0. The van der Waals surface area contributed by atoms with E-state index in [4.69, 9.17) is 4.74 Å². The van der Waals surface area contributed by atoms with Crippen LogP contribution in [-0.4, -0.2) is 38.9 Å². The SMILES string of the molecule is COC(=O)CCCNCC1CCCO1. The van der Waals surface area contributed by atoms with E-state index in [9.17, 15) is 4.79 Å². The topological polar surface area (TPSA) is 47.6 Å². The molecule has 0 saturated carbocycles. The third-order valence-electron chi connectivity index (χ3n) is 2.36. The van der Waals surface area contributed by atoms with Crippen LogP contribution < -0.4 is 5.32 Å². The number of ether oxygens (including phenoxy) is 2. The maximum atomic E-state index is 10.8. The maximum Gasteiger partial charge on any atom is 0.305 e. The zero-order valence-electron chi connectivity index (χ0n) is 8.75. The van der Waals surface area contributed by atoms with Gasteiger partial charge < -0.3 is 14.8 Å². The predicted octanol–water partition coefficient (Wildman–Crippen LogP) is 0.708. The molecule has 1 fully saturated rings. The van der Waals surface area contributed by atoms with E-state index in [2.05, 4.69) is 10.1 Å². The summed E-state index contributed by atoms with van der Waals surface area (Å²) in [6, 6.07) is 0. The van der Waals surface area contributed by atoms with E-state index in [0.29, 0.717) is 12.5 Å². The van der Waals surface area contributed by atoms with Crippen LogP contribution in [0, 0.1) is 0 Å². The van der Waals surface area contributed by atoms with Crippen LogP contribution in [0.25, 0.3) is 0 Å². The molecule has 4 nitrogen and oxygen atoms in total. The third kappa shape index (κ3) is 4.58. The van der Waals surface area contributed by atoms with Crippen LogP contribution in [0.5, 0.6) is 0 Å². The molecule has 0 spiro atoms. The number of carbonyl (C=O) groups excluding carboxylic acids is 1. The Labute approximate surface area is 85.0 Å². The zero-order valence-corrected chi connectivity index (χ0v) is 8.75. The highest BCUT2D eigenvalue weighted by Gasteiger charge is 2.14. The molecule has 1 N–H and O–H groups in total. The molecule has 1 saturated heterocycles. The van der Waals surface area contributed by atoms with Gasteiger partial charge in [-0.25, -0.2) is 0 Å². The Balaban J connectivity index is 1.86. The lowest BCUT2D eigenvalue weighted by molar-refractivity contribution is -0.140. The normalized spacial score (nSPS) is 21.1. The molecule has 0 aromatic carbocycles. The van der Waals surface area contributed by atoms with Gasteiger partial charge in [0.15, 0.2) is 0 Å². The summed E-state index contributed by atoms with van der Waals surface area (Å²) in [6.07, 6.45) is 4.04. The van der Waals surface area contributed by atoms with Crippen molar-refractivity contribution in [3.8, 4) is 0 Å². The quantitative estimate of drug-likeness (QED) is 0.508. The van der Waals surface area contributed by atoms with Gasteiger partial charge >= 0.3 is 5.97 Å². The first-order valence-corrected chi connectivity index (χ1v) is 5.22. The zero-order chi connectivity index (χ0) is 10.2. The Bertz CT molecular complexity index is 167. The van der Waals surface area contributed by atoms with Gasteiger partial charge in [0, 0.05) is 19.6 Å². The first-order chi connectivity index (χ1) is 6.83. The third-order valence-corrected chi connectivity index (χ3v) is 2.36. The van der Waals surface area contributed by atoms with Crippen molar-refractivity contribution in [3.05, 3.63) is 0 Å². The van der Waals surface area contributed by atoms with Gasteiger partial charge in [0.1, 0.15) is 0 Å². The molecule has 1 unspecified atom stereocenters. The number of hydrogen-bond acceptors (Lipinski definition) is 4. The number of rotatable bonds is 6. The average molecular weight is 201 g/mol. The molecule has 1 rings (SSSR count). The lowest BCUT2D eigenvalue weighted by Crippen LogP contribution is -2.27. The van der Waals surface area contributed by atoms with Gasteiger partial charge in [-0.1, -0.05) is 0 Å². The Morgan fingerprint density at radius 2 is 2.50 bits per heavy atom. The largest absolute Gasteiger partial charge is 0.469 e. The van der Waals surface area contributed by atoms with Crippen molar-refractivity contribution >= 4 is 5.97 Å². The Kier molecular flexibility index (Phi) is 5.56. The van der Waals surface area contributed by atoms with Gasteiger partial charge in [-0.15, -0.1) is 0 Å². The summed E-state index contributed by atoms with van der Waals surface area (Å²) in [7, 11) is 1.42. The highest BCUT2D eigenvalue weighted by Crippen LogP contribution is 2.10. The van der Waals surface area contributed by atoms with Gasteiger partial charge in [-0.05, 0) is 25.8 Å². The summed E-state index contributed by atoms with van der Waals surface area (Å²) < 4.78 is 9.99. The fourth-order valence-electron chi connectivity index (χ4n) is 1.53. The molecule has 1 aliphatic rings. The molecule has 0 aromatic heterocycles. The smallest absolute Gasteiger partial charge is 0.305 e. The Morgan fingerprint density at radius 3 is 3.14 bits per heavy atom. The van der Waals surface area contributed by atoms with Crippen molar-refractivity contribution in [1.82, 2.24) is 5.32 Å². The monoisotopic (exact) mass is 201 g/mol. The van der Waals surface area contributed by atoms with Crippen molar-refractivity contribution in [2.45, 2.75) is 31.8 Å². The molecular weight excluding hydrogens is 182 g/mol. The minimum absolute atomic E-state index is 0.135. The molecule has 1 heterocycles. The summed E-state index contributed by atoms with van der Waals surface area (Å²) in [6.45, 7) is 2.66. The predicted molar refractivity (Wildman–Crippen MR) is 53.1 cm³/mol. The number of esters is 1. The Morgan fingerprint density at radius 1 is 1.64 bits per heavy atom. The number of nitrogens with one attached hydrogen (secondary N) is 1. The van der Waals surface area contributed by atoms with Crippen LogP contribution in [-0.2, 0) is 14.3 Å². The van der Waals surface area contributed by atoms with E-state index in [-0.39, 0.29) is 5.97 Å².